The van der Waals surface area contributed by atoms with E-state index in [0.717, 1.165) is 22.4 Å². The number of nitrogens with one attached hydrogen (secondary N) is 2. The van der Waals surface area contributed by atoms with Gasteiger partial charge in [0.05, 0.1) is 11.0 Å². The van der Waals surface area contributed by atoms with Crippen LogP contribution in [0.2, 0.25) is 0 Å². The Hall–Kier alpha value is -2.62. The molecule has 2 N–H and O–H groups in total. The first kappa shape index (κ1) is 14.3. The molecule has 4 heteroatoms. The Kier molecular flexibility index (Phi) is 3.67. The summed E-state index contributed by atoms with van der Waals surface area (Å²) in [7, 11) is 0. The fourth-order valence-corrected chi connectivity index (χ4v) is 2.39. The lowest BCUT2D eigenvalue weighted by molar-refractivity contribution is 0.0943. The first-order valence-electron chi connectivity index (χ1n) is 7.40. The molecule has 4 nitrogen and oxygen atoms in total. The highest BCUT2D eigenvalue weighted by Gasteiger charge is 2.09. The summed E-state index contributed by atoms with van der Waals surface area (Å²) < 4.78 is 0. The van der Waals surface area contributed by atoms with Gasteiger partial charge in [-0.05, 0) is 50.6 Å². The molecule has 2 aromatic carbocycles. The number of carbonyl (C=O) groups excluding carboxylic acids is 1. The number of imidazole rings is 1. The van der Waals surface area contributed by atoms with Crippen LogP contribution in [0.15, 0.2) is 42.5 Å². The first-order valence-corrected chi connectivity index (χ1v) is 7.40. The first-order chi connectivity index (χ1) is 10.5. The van der Waals surface area contributed by atoms with Gasteiger partial charge in [-0.2, -0.15) is 0 Å². The number of aromatic amines is 1. The summed E-state index contributed by atoms with van der Waals surface area (Å²) in [6.45, 7) is 5.95. The van der Waals surface area contributed by atoms with Crippen molar-refractivity contribution in [3.63, 3.8) is 0 Å². The number of benzene rings is 2. The summed E-state index contributed by atoms with van der Waals surface area (Å²) in [5, 5.41) is 2.88. The molecule has 112 valence electrons. The maximum absolute atomic E-state index is 11.9. The zero-order valence-electron chi connectivity index (χ0n) is 13.0. The number of carbonyl (C=O) groups is 1. The van der Waals surface area contributed by atoms with Crippen LogP contribution in [0, 0.1) is 6.92 Å². The quantitative estimate of drug-likeness (QED) is 0.774. The Bertz CT molecular complexity index is 816. The smallest absolute Gasteiger partial charge is 0.251 e. The Morgan fingerprint density at radius 2 is 1.86 bits per heavy atom. The van der Waals surface area contributed by atoms with Gasteiger partial charge in [0.15, 0.2) is 0 Å². The minimum Gasteiger partial charge on any atom is -0.350 e. The van der Waals surface area contributed by atoms with Crippen molar-refractivity contribution < 1.29 is 4.79 Å². The molecule has 3 rings (SSSR count). The van der Waals surface area contributed by atoms with Gasteiger partial charge in [-0.1, -0.05) is 18.2 Å². The van der Waals surface area contributed by atoms with Crippen LogP contribution in [0.25, 0.3) is 22.4 Å². The third kappa shape index (κ3) is 2.86. The Morgan fingerprint density at radius 1 is 1.14 bits per heavy atom. The average molecular weight is 293 g/mol. The molecule has 0 unspecified atom stereocenters. The molecule has 0 atom stereocenters. The van der Waals surface area contributed by atoms with Crippen molar-refractivity contribution in [3.8, 4) is 11.4 Å². The van der Waals surface area contributed by atoms with Crippen LogP contribution >= 0.6 is 0 Å². The monoisotopic (exact) mass is 293 g/mol. The van der Waals surface area contributed by atoms with E-state index in [4.69, 9.17) is 0 Å². The number of nitrogens with zero attached hydrogens (tertiary/aromatic N) is 1. The SMILES string of the molecule is Cc1ccc2nc(-c3ccc(C(=O)NC(C)C)cc3)[nH]c2c1. The predicted octanol–water partition coefficient (Wildman–Crippen LogP) is 3.68. The second-order valence-corrected chi connectivity index (χ2v) is 5.81. The van der Waals surface area contributed by atoms with Gasteiger partial charge in [-0.15, -0.1) is 0 Å². The molecule has 0 saturated heterocycles. The summed E-state index contributed by atoms with van der Waals surface area (Å²) in [4.78, 5) is 19.9. The van der Waals surface area contributed by atoms with Gasteiger partial charge in [-0.25, -0.2) is 4.98 Å². The number of hydrogen-bond acceptors (Lipinski definition) is 2. The van der Waals surface area contributed by atoms with Crippen LogP contribution in [-0.4, -0.2) is 21.9 Å². The minimum atomic E-state index is -0.0539. The summed E-state index contributed by atoms with van der Waals surface area (Å²) in [5.41, 5.74) is 4.79. The van der Waals surface area contributed by atoms with Crippen LogP contribution < -0.4 is 5.32 Å². The minimum absolute atomic E-state index is 0.0539. The van der Waals surface area contributed by atoms with E-state index >= 15 is 0 Å². The van der Waals surface area contributed by atoms with Gasteiger partial charge in [0.25, 0.3) is 5.91 Å². The zero-order valence-corrected chi connectivity index (χ0v) is 13.0. The second kappa shape index (κ2) is 5.64. The Balaban J connectivity index is 1.89. The van der Waals surface area contributed by atoms with E-state index in [1.807, 2.05) is 50.2 Å². The molecule has 1 aromatic heterocycles. The molecule has 3 aromatic rings. The van der Waals surface area contributed by atoms with Gasteiger partial charge < -0.3 is 10.3 Å². The Labute approximate surface area is 129 Å². The lowest BCUT2D eigenvalue weighted by Gasteiger charge is -2.08. The lowest BCUT2D eigenvalue weighted by atomic mass is 10.1. The van der Waals surface area contributed by atoms with E-state index in [1.165, 1.54) is 5.56 Å². The van der Waals surface area contributed by atoms with Crippen LogP contribution in [0.1, 0.15) is 29.8 Å². The number of amides is 1. The van der Waals surface area contributed by atoms with Crippen molar-refractivity contribution in [2.24, 2.45) is 0 Å². The maximum atomic E-state index is 11.9. The molecule has 1 heterocycles. The summed E-state index contributed by atoms with van der Waals surface area (Å²) in [5.74, 6) is 0.762. The Morgan fingerprint density at radius 3 is 2.55 bits per heavy atom. The molecule has 0 bridgehead atoms. The fraction of sp³-hybridized carbons (Fsp3) is 0.222. The van der Waals surface area contributed by atoms with E-state index < -0.39 is 0 Å². The van der Waals surface area contributed by atoms with Crippen LogP contribution in [-0.2, 0) is 0 Å². The lowest BCUT2D eigenvalue weighted by Crippen LogP contribution is -2.29. The highest BCUT2D eigenvalue weighted by atomic mass is 16.1. The van der Waals surface area contributed by atoms with E-state index in [1.54, 1.807) is 0 Å². The topological polar surface area (TPSA) is 57.8 Å². The molecule has 22 heavy (non-hydrogen) atoms. The van der Waals surface area contributed by atoms with Gasteiger partial charge in [0, 0.05) is 17.2 Å². The van der Waals surface area contributed by atoms with Crippen molar-refractivity contribution in [2.75, 3.05) is 0 Å². The molecule has 0 fully saturated rings. The van der Waals surface area contributed by atoms with Crippen molar-refractivity contribution in [2.45, 2.75) is 26.8 Å². The third-order valence-corrected chi connectivity index (χ3v) is 3.48. The van der Waals surface area contributed by atoms with E-state index in [9.17, 15) is 4.79 Å². The van der Waals surface area contributed by atoms with Crippen molar-refractivity contribution in [1.82, 2.24) is 15.3 Å². The molecule has 0 spiro atoms. The number of hydrogen-bond donors (Lipinski definition) is 2. The second-order valence-electron chi connectivity index (χ2n) is 5.81. The standard InChI is InChI=1S/C18H19N3O/c1-11(2)19-18(22)14-7-5-13(6-8-14)17-20-15-9-4-12(3)10-16(15)21-17/h4-11H,1-3H3,(H,19,22)(H,20,21). The number of H-pyrrole nitrogens is 1. The van der Waals surface area contributed by atoms with Crippen molar-refractivity contribution in [3.05, 3.63) is 53.6 Å². The number of fused-ring (bicyclic) bond motifs is 1. The summed E-state index contributed by atoms with van der Waals surface area (Å²) in [6.07, 6.45) is 0. The van der Waals surface area contributed by atoms with Crippen LogP contribution in [0.4, 0.5) is 0 Å². The van der Waals surface area contributed by atoms with E-state index in [2.05, 4.69) is 28.3 Å². The zero-order chi connectivity index (χ0) is 15.7. The van der Waals surface area contributed by atoms with Crippen LogP contribution in [0.3, 0.4) is 0 Å². The van der Waals surface area contributed by atoms with Gasteiger partial charge >= 0.3 is 0 Å². The molecular weight excluding hydrogens is 274 g/mol. The molecule has 0 saturated carbocycles. The predicted molar refractivity (Wildman–Crippen MR) is 88.9 cm³/mol. The molecule has 1 amide bonds. The molecule has 0 aliphatic carbocycles. The third-order valence-electron chi connectivity index (χ3n) is 3.48. The average Bonchev–Trinajstić information content (AvgIpc) is 2.89. The highest BCUT2D eigenvalue weighted by molar-refractivity contribution is 5.94. The van der Waals surface area contributed by atoms with Gasteiger partial charge in [0.1, 0.15) is 5.82 Å². The number of aryl methyl sites for hydroxylation is 1. The number of aromatic nitrogens is 2. The van der Waals surface area contributed by atoms with E-state index in [-0.39, 0.29) is 11.9 Å². The largest absolute Gasteiger partial charge is 0.350 e. The molecular formula is C18H19N3O. The summed E-state index contributed by atoms with van der Waals surface area (Å²) >= 11 is 0. The van der Waals surface area contributed by atoms with Gasteiger partial charge in [-0.3, -0.25) is 4.79 Å². The van der Waals surface area contributed by atoms with E-state index in [0.29, 0.717) is 5.56 Å². The van der Waals surface area contributed by atoms with Crippen molar-refractivity contribution >= 4 is 16.9 Å². The normalized spacial score (nSPS) is 11.1. The summed E-state index contributed by atoms with van der Waals surface area (Å²) in [6, 6.07) is 13.7. The molecule has 0 aliphatic heterocycles. The fourth-order valence-electron chi connectivity index (χ4n) is 2.39. The number of rotatable bonds is 3. The van der Waals surface area contributed by atoms with Gasteiger partial charge in [0.2, 0.25) is 0 Å². The van der Waals surface area contributed by atoms with Crippen LogP contribution in [0.5, 0.6) is 0 Å². The highest BCUT2D eigenvalue weighted by Crippen LogP contribution is 2.21. The van der Waals surface area contributed by atoms with Crippen molar-refractivity contribution in [1.29, 1.82) is 0 Å². The molecule has 0 radical (unpaired) electrons. The maximum Gasteiger partial charge on any atom is 0.251 e. The molecule has 0 aliphatic rings.